The van der Waals surface area contributed by atoms with Gasteiger partial charge in [0.15, 0.2) is 0 Å². The van der Waals surface area contributed by atoms with Gasteiger partial charge in [0.2, 0.25) is 15.9 Å². The van der Waals surface area contributed by atoms with Crippen LogP contribution in [0.15, 0.2) is 77.7 Å². The summed E-state index contributed by atoms with van der Waals surface area (Å²) in [6.45, 7) is 1.77. The number of likely N-dealkylation sites (tertiary alicyclic amines) is 1. The maximum Gasteiger partial charge on any atom is 0.246 e. The molecule has 1 aromatic heterocycles. The Balaban J connectivity index is 1.47. The quantitative estimate of drug-likeness (QED) is 0.377. The first-order valence-electron chi connectivity index (χ1n) is 11.6. The number of hydrogen-bond donors (Lipinski definition) is 3. The van der Waals surface area contributed by atoms with E-state index >= 15 is 0 Å². The van der Waals surface area contributed by atoms with E-state index in [0.717, 1.165) is 42.4 Å². The summed E-state index contributed by atoms with van der Waals surface area (Å²) in [5.41, 5.74) is 3.58. The van der Waals surface area contributed by atoms with Crippen molar-refractivity contribution in [3.8, 4) is 11.3 Å². The fraction of sp³-hybridized carbons (Fsp3) is 0.231. The van der Waals surface area contributed by atoms with Gasteiger partial charge in [-0.1, -0.05) is 48.9 Å². The molecule has 0 spiro atoms. The highest BCUT2D eigenvalue weighted by molar-refractivity contribution is 7.89. The van der Waals surface area contributed by atoms with E-state index in [9.17, 15) is 13.2 Å². The van der Waals surface area contributed by atoms with Crippen LogP contribution in [0.5, 0.6) is 0 Å². The Morgan fingerprint density at radius 2 is 1.74 bits per heavy atom. The van der Waals surface area contributed by atoms with Crippen molar-refractivity contribution in [2.75, 3.05) is 18.4 Å². The summed E-state index contributed by atoms with van der Waals surface area (Å²) in [6, 6.07) is 21.4. The predicted molar refractivity (Wildman–Crippen MR) is 136 cm³/mol. The second-order valence-electron chi connectivity index (χ2n) is 8.80. The Labute approximate surface area is 204 Å². The molecule has 4 aromatic rings. The van der Waals surface area contributed by atoms with Crippen LogP contribution in [0.1, 0.15) is 30.9 Å². The van der Waals surface area contributed by atoms with Crippen LogP contribution in [-0.4, -0.2) is 42.5 Å². The summed E-state index contributed by atoms with van der Waals surface area (Å²) < 4.78 is 23.6. The molecule has 0 radical (unpaired) electrons. The molecule has 2 heterocycles. The average molecular weight is 490 g/mol. The van der Waals surface area contributed by atoms with Crippen molar-refractivity contribution in [2.45, 2.75) is 30.2 Å². The first-order valence-corrected chi connectivity index (χ1v) is 13.2. The fourth-order valence-corrected chi connectivity index (χ4v) is 5.24. The van der Waals surface area contributed by atoms with E-state index in [2.05, 4.69) is 20.4 Å². The van der Waals surface area contributed by atoms with Gasteiger partial charge >= 0.3 is 0 Å². The first kappa shape index (κ1) is 23.2. The van der Waals surface area contributed by atoms with E-state index in [-0.39, 0.29) is 16.8 Å². The minimum Gasteiger partial charge on any atom is -0.324 e. The minimum atomic E-state index is -3.84. The van der Waals surface area contributed by atoms with Crippen molar-refractivity contribution >= 4 is 32.5 Å². The summed E-state index contributed by atoms with van der Waals surface area (Å²) >= 11 is 0. The third kappa shape index (κ3) is 4.97. The zero-order valence-corrected chi connectivity index (χ0v) is 20.0. The molecule has 0 unspecified atom stereocenters. The number of anilines is 1. The summed E-state index contributed by atoms with van der Waals surface area (Å²) in [4.78, 5) is 15.8. The monoisotopic (exact) mass is 489 g/mol. The number of hydrogen-bond acceptors (Lipinski definition) is 5. The largest absolute Gasteiger partial charge is 0.324 e. The second kappa shape index (κ2) is 9.61. The Hall–Kier alpha value is -3.53. The van der Waals surface area contributed by atoms with E-state index in [1.54, 1.807) is 12.1 Å². The zero-order chi connectivity index (χ0) is 24.4. The zero-order valence-electron chi connectivity index (χ0n) is 19.1. The molecule has 1 atom stereocenters. The normalized spacial score (nSPS) is 15.7. The van der Waals surface area contributed by atoms with Gasteiger partial charge in [-0.15, -0.1) is 0 Å². The smallest absolute Gasteiger partial charge is 0.246 e. The van der Waals surface area contributed by atoms with E-state index in [0.29, 0.717) is 16.9 Å². The van der Waals surface area contributed by atoms with E-state index in [1.807, 2.05) is 48.5 Å². The lowest BCUT2D eigenvalue weighted by Gasteiger charge is -2.33. The lowest BCUT2D eigenvalue weighted by Crippen LogP contribution is -2.40. The number of nitrogens with one attached hydrogen (secondary N) is 2. The van der Waals surface area contributed by atoms with Crippen molar-refractivity contribution in [3.63, 3.8) is 0 Å². The molecule has 3 aromatic carbocycles. The maximum absolute atomic E-state index is 13.5. The molecule has 1 aliphatic rings. The number of H-pyrrole nitrogens is 1. The van der Waals surface area contributed by atoms with Crippen LogP contribution in [0.3, 0.4) is 0 Å². The molecule has 8 nitrogen and oxygen atoms in total. The number of benzene rings is 3. The third-order valence-electron chi connectivity index (χ3n) is 6.39. The molecule has 0 bridgehead atoms. The molecule has 9 heteroatoms. The van der Waals surface area contributed by atoms with E-state index in [1.165, 1.54) is 18.6 Å². The van der Waals surface area contributed by atoms with Crippen LogP contribution >= 0.6 is 0 Å². The molecular formula is C26H27N5O3S. The first-order chi connectivity index (χ1) is 16.9. The number of nitrogens with two attached hydrogens (primary N) is 1. The van der Waals surface area contributed by atoms with Crippen molar-refractivity contribution in [2.24, 2.45) is 5.14 Å². The third-order valence-corrected chi connectivity index (χ3v) is 7.30. The number of nitrogens with zero attached hydrogens (tertiary/aromatic N) is 2. The topological polar surface area (TPSA) is 121 Å². The summed E-state index contributed by atoms with van der Waals surface area (Å²) in [7, 11) is -3.84. The second-order valence-corrected chi connectivity index (χ2v) is 10.4. The number of aromatic nitrogens is 2. The number of carbonyl (C=O) groups excluding carboxylic acids is 1. The van der Waals surface area contributed by atoms with Crippen LogP contribution in [0.2, 0.25) is 0 Å². The lowest BCUT2D eigenvalue weighted by atomic mass is 10.0. The van der Waals surface area contributed by atoms with Gasteiger partial charge in [0.05, 0.1) is 10.4 Å². The molecule has 0 saturated carbocycles. The summed E-state index contributed by atoms with van der Waals surface area (Å²) in [6.07, 6.45) is 3.35. The van der Waals surface area contributed by atoms with Crippen molar-refractivity contribution < 1.29 is 13.2 Å². The number of primary sulfonamides is 1. The molecule has 180 valence electrons. The lowest BCUT2D eigenvalue weighted by molar-refractivity contribution is -0.122. The van der Waals surface area contributed by atoms with Gasteiger partial charge in [0.25, 0.3) is 0 Å². The SMILES string of the molecule is NS(=O)(=O)c1cccc(-c2n[nH]c3ccc(NC(=O)[C@H](c4ccccc4)N4CCCCC4)cc23)c1. The van der Waals surface area contributed by atoms with Gasteiger partial charge in [-0.3, -0.25) is 14.8 Å². The molecule has 0 aliphatic carbocycles. The van der Waals surface area contributed by atoms with E-state index in [4.69, 9.17) is 5.14 Å². The van der Waals surface area contributed by atoms with Crippen molar-refractivity contribution in [1.82, 2.24) is 15.1 Å². The number of amides is 1. The van der Waals surface area contributed by atoms with Gasteiger partial charge in [-0.05, 0) is 61.8 Å². The molecule has 4 N–H and O–H groups in total. The minimum absolute atomic E-state index is 0.0165. The highest BCUT2D eigenvalue weighted by atomic mass is 32.2. The van der Waals surface area contributed by atoms with Crippen LogP contribution in [0.4, 0.5) is 5.69 Å². The van der Waals surface area contributed by atoms with Gasteiger partial charge < -0.3 is 5.32 Å². The number of carbonyl (C=O) groups is 1. The molecule has 35 heavy (non-hydrogen) atoms. The molecule has 1 aliphatic heterocycles. The predicted octanol–water partition coefficient (Wildman–Crippen LogP) is 4.04. The average Bonchev–Trinajstić information content (AvgIpc) is 3.28. The van der Waals surface area contributed by atoms with Crippen LogP contribution in [-0.2, 0) is 14.8 Å². The maximum atomic E-state index is 13.5. The molecule has 1 saturated heterocycles. The Kier molecular flexibility index (Phi) is 6.38. The number of fused-ring (bicyclic) bond motifs is 1. The number of sulfonamides is 1. The fourth-order valence-electron chi connectivity index (χ4n) is 4.68. The highest BCUT2D eigenvalue weighted by Gasteiger charge is 2.29. The molecular weight excluding hydrogens is 462 g/mol. The van der Waals surface area contributed by atoms with Crippen LogP contribution in [0, 0.1) is 0 Å². The number of rotatable bonds is 6. The van der Waals surface area contributed by atoms with Gasteiger partial charge in [-0.25, -0.2) is 13.6 Å². The van der Waals surface area contributed by atoms with E-state index < -0.39 is 10.0 Å². The van der Waals surface area contributed by atoms with Crippen LogP contribution in [0.25, 0.3) is 22.2 Å². The Morgan fingerprint density at radius 1 is 0.971 bits per heavy atom. The van der Waals surface area contributed by atoms with Crippen molar-refractivity contribution in [3.05, 3.63) is 78.4 Å². The Bertz CT molecular complexity index is 1460. The number of aromatic amines is 1. The van der Waals surface area contributed by atoms with Gasteiger partial charge in [-0.2, -0.15) is 5.10 Å². The highest BCUT2D eigenvalue weighted by Crippen LogP contribution is 2.31. The summed E-state index contributed by atoms with van der Waals surface area (Å²) in [5, 5.41) is 16.5. The van der Waals surface area contributed by atoms with Crippen LogP contribution < -0.4 is 10.5 Å². The standard InChI is InChI=1S/C26H27N5O3S/c27-35(33,34)21-11-7-10-19(16-21)24-22-17-20(12-13-23(22)29-30-24)28-26(32)25(18-8-3-1-4-9-18)31-14-5-2-6-15-31/h1,3-4,7-13,16-17,25H,2,5-6,14-15H2,(H,28,32)(H,29,30)(H2,27,33,34)/t25-/m0/s1. The molecule has 1 amide bonds. The van der Waals surface area contributed by atoms with Gasteiger partial charge in [0, 0.05) is 16.6 Å². The molecule has 1 fully saturated rings. The summed E-state index contributed by atoms with van der Waals surface area (Å²) in [5.74, 6) is -0.0845. The molecule has 5 rings (SSSR count). The Morgan fingerprint density at radius 3 is 2.49 bits per heavy atom. The van der Waals surface area contributed by atoms with Gasteiger partial charge in [0.1, 0.15) is 11.7 Å². The van der Waals surface area contributed by atoms with Crippen molar-refractivity contribution in [1.29, 1.82) is 0 Å². The number of piperidine rings is 1.